The van der Waals surface area contributed by atoms with Crippen LogP contribution in [0.25, 0.3) is 11.0 Å². The molecule has 0 atom stereocenters. The number of nitrogens with zero attached hydrogens (tertiary/aromatic N) is 3. The van der Waals surface area contributed by atoms with E-state index in [2.05, 4.69) is 5.32 Å². The Kier molecular flexibility index (Phi) is 6.05. The molecule has 1 N–H and O–H groups in total. The predicted octanol–water partition coefficient (Wildman–Crippen LogP) is 3.33. The summed E-state index contributed by atoms with van der Waals surface area (Å²) in [6.07, 6.45) is 0. The third-order valence-electron chi connectivity index (χ3n) is 5.95. The van der Waals surface area contributed by atoms with E-state index in [1.54, 1.807) is 62.6 Å². The maximum absolute atomic E-state index is 13.5. The van der Waals surface area contributed by atoms with Crippen molar-refractivity contribution in [3.63, 3.8) is 0 Å². The van der Waals surface area contributed by atoms with Crippen LogP contribution < -0.4 is 15.3 Å². The van der Waals surface area contributed by atoms with Gasteiger partial charge in [0.2, 0.25) is 5.91 Å². The summed E-state index contributed by atoms with van der Waals surface area (Å²) in [6, 6.07) is 18.4. The molecule has 0 aliphatic rings. The molecular formula is C25H26N4O4S. The van der Waals surface area contributed by atoms with Crippen molar-refractivity contribution in [3.8, 4) is 0 Å². The Labute approximate surface area is 198 Å². The van der Waals surface area contributed by atoms with Crippen molar-refractivity contribution >= 4 is 38.3 Å². The Hall–Kier alpha value is -3.85. The number of hydrogen-bond donors (Lipinski definition) is 1. The van der Waals surface area contributed by atoms with Gasteiger partial charge in [0.05, 0.1) is 21.6 Å². The van der Waals surface area contributed by atoms with E-state index in [-0.39, 0.29) is 10.6 Å². The summed E-state index contributed by atoms with van der Waals surface area (Å²) in [5, 5.41) is 2.77. The molecule has 34 heavy (non-hydrogen) atoms. The summed E-state index contributed by atoms with van der Waals surface area (Å²) in [7, 11) is -0.655. The number of rotatable bonds is 6. The number of carbonyl (C=O) groups is 1. The minimum Gasteiger partial charge on any atom is -0.324 e. The van der Waals surface area contributed by atoms with Crippen molar-refractivity contribution < 1.29 is 13.2 Å². The first-order valence-corrected chi connectivity index (χ1v) is 12.1. The fraction of sp³-hybridized carbons (Fsp3) is 0.200. The van der Waals surface area contributed by atoms with Gasteiger partial charge in [-0.15, -0.1) is 0 Å². The van der Waals surface area contributed by atoms with E-state index in [0.29, 0.717) is 16.9 Å². The molecule has 0 aliphatic carbocycles. The minimum atomic E-state index is -3.99. The molecule has 8 nitrogen and oxygen atoms in total. The third-order valence-corrected chi connectivity index (χ3v) is 7.74. The van der Waals surface area contributed by atoms with Gasteiger partial charge in [-0.05, 0) is 67.4 Å². The van der Waals surface area contributed by atoms with Crippen LogP contribution in [0.2, 0.25) is 0 Å². The van der Waals surface area contributed by atoms with E-state index in [1.807, 2.05) is 19.9 Å². The maximum atomic E-state index is 13.5. The molecule has 0 bridgehead atoms. The molecule has 4 aromatic rings. The molecule has 0 aliphatic heterocycles. The monoisotopic (exact) mass is 478 g/mol. The lowest BCUT2D eigenvalue weighted by molar-refractivity contribution is -0.114. The van der Waals surface area contributed by atoms with Crippen molar-refractivity contribution in [2.75, 3.05) is 16.2 Å². The second-order valence-corrected chi connectivity index (χ2v) is 10.1. The first-order chi connectivity index (χ1) is 16.1. The number of fused-ring (bicyclic) bond motifs is 1. The summed E-state index contributed by atoms with van der Waals surface area (Å²) >= 11 is 0. The van der Waals surface area contributed by atoms with Crippen molar-refractivity contribution in [2.24, 2.45) is 14.1 Å². The first-order valence-electron chi connectivity index (χ1n) is 10.7. The number of nitrogens with one attached hydrogen (secondary N) is 1. The number of sulfonamides is 1. The quantitative estimate of drug-likeness (QED) is 0.460. The molecule has 0 fully saturated rings. The molecule has 0 saturated heterocycles. The highest BCUT2D eigenvalue weighted by Gasteiger charge is 2.27. The van der Waals surface area contributed by atoms with Gasteiger partial charge in [-0.1, -0.05) is 24.3 Å². The van der Waals surface area contributed by atoms with Crippen LogP contribution in [0.1, 0.15) is 11.1 Å². The fourth-order valence-corrected chi connectivity index (χ4v) is 5.26. The second kappa shape index (κ2) is 8.83. The van der Waals surface area contributed by atoms with Gasteiger partial charge in [-0.25, -0.2) is 13.2 Å². The van der Waals surface area contributed by atoms with Crippen LogP contribution in [0, 0.1) is 13.8 Å². The SMILES string of the molecule is Cc1ccc(N(CC(=O)Nc2ccc3c(c2)n(C)c(=O)n3C)S(=O)(=O)c2ccccc2)cc1C. The lowest BCUT2D eigenvalue weighted by Gasteiger charge is -2.25. The molecular weight excluding hydrogens is 452 g/mol. The normalized spacial score (nSPS) is 11.5. The summed E-state index contributed by atoms with van der Waals surface area (Å²) in [4.78, 5) is 25.3. The second-order valence-electron chi connectivity index (χ2n) is 8.25. The summed E-state index contributed by atoms with van der Waals surface area (Å²) < 4.78 is 31.1. The predicted molar refractivity (Wildman–Crippen MR) is 134 cm³/mol. The zero-order valence-electron chi connectivity index (χ0n) is 19.4. The van der Waals surface area contributed by atoms with Crippen molar-refractivity contribution in [1.82, 2.24) is 9.13 Å². The topological polar surface area (TPSA) is 93.4 Å². The molecule has 1 aromatic heterocycles. The van der Waals surface area contributed by atoms with Gasteiger partial charge in [-0.3, -0.25) is 18.2 Å². The van der Waals surface area contributed by atoms with Gasteiger partial charge in [0, 0.05) is 19.8 Å². The third kappa shape index (κ3) is 4.22. The fourth-order valence-electron chi connectivity index (χ4n) is 3.83. The maximum Gasteiger partial charge on any atom is 0.328 e. The average molecular weight is 479 g/mol. The summed E-state index contributed by atoms with van der Waals surface area (Å²) in [5.74, 6) is -0.502. The van der Waals surface area contributed by atoms with E-state index >= 15 is 0 Å². The number of hydrogen-bond acceptors (Lipinski definition) is 4. The smallest absolute Gasteiger partial charge is 0.324 e. The van der Waals surface area contributed by atoms with E-state index in [4.69, 9.17) is 0 Å². The Balaban J connectivity index is 1.68. The molecule has 0 spiro atoms. The van der Waals surface area contributed by atoms with Crippen molar-refractivity contribution in [2.45, 2.75) is 18.7 Å². The number of benzene rings is 3. The van der Waals surface area contributed by atoms with Crippen molar-refractivity contribution in [1.29, 1.82) is 0 Å². The molecule has 0 unspecified atom stereocenters. The Morgan fingerprint density at radius 1 is 0.882 bits per heavy atom. The standard InChI is InChI=1S/C25H26N4O4S/c1-17-10-12-20(14-18(17)2)29(34(32,33)21-8-6-5-7-9-21)16-24(30)26-19-11-13-22-23(15-19)28(4)25(31)27(22)3/h5-15H,16H2,1-4H3,(H,26,30). The highest BCUT2D eigenvalue weighted by Crippen LogP contribution is 2.26. The number of anilines is 2. The van der Waals surface area contributed by atoms with Crippen LogP contribution in [-0.4, -0.2) is 30.0 Å². The highest BCUT2D eigenvalue weighted by molar-refractivity contribution is 7.92. The van der Waals surface area contributed by atoms with Gasteiger partial charge >= 0.3 is 5.69 Å². The lowest BCUT2D eigenvalue weighted by atomic mass is 10.1. The van der Waals surface area contributed by atoms with Crippen LogP contribution in [0.15, 0.2) is 76.4 Å². The summed E-state index contributed by atoms with van der Waals surface area (Å²) in [6.45, 7) is 3.42. The molecule has 1 heterocycles. The van der Waals surface area contributed by atoms with E-state index < -0.39 is 22.5 Å². The number of aromatic nitrogens is 2. The molecule has 1 amide bonds. The molecule has 0 saturated carbocycles. The molecule has 3 aromatic carbocycles. The molecule has 0 radical (unpaired) electrons. The largest absolute Gasteiger partial charge is 0.328 e. The van der Waals surface area contributed by atoms with Gasteiger partial charge in [0.1, 0.15) is 6.54 Å². The van der Waals surface area contributed by atoms with Crippen molar-refractivity contribution in [3.05, 3.63) is 88.3 Å². The average Bonchev–Trinajstić information content (AvgIpc) is 3.03. The lowest BCUT2D eigenvalue weighted by Crippen LogP contribution is -2.38. The number of carbonyl (C=O) groups excluding carboxylic acids is 1. The molecule has 176 valence electrons. The zero-order chi connectivity index (χ0) is 24.6. The van der Waals surface area contributed by atoms with E-state index in [0.717, 1.165) is 20.9 Å². The zero-order valence-corrected chi connectivity index (χ0v) is 20.3. The van der Waals surface area contributed by atoms with Crippen LogP contribution in [0.5, 0.6) is 0 Å². The number of aryl methyl sites for hydroxylation is 4. The van der Waals surface area contributed by atoms with E-state index in [1.165, 1.54) is 21.3 Å². The minimum absolute atomic E-state index is 0.0988. The number of amides is 1. The number of imidazole rings is 1. The Morgan fingerprint density at radius 3 is 2.24 bits per heavy atom. The highest BCUT2D eigenvalue weighted by atomic mass is 32.2. The first kappa shape index (κ1) is 23.3. The summed E-state index contributed by atoms with van der Waals surface area (Å²) in [5.41, 5.74) is 4.03. The van der Waals surface area contributed by atoms with Crippen LogP contribution in [-0.2, 0) is 28.9 Å². The van der Waals surface area contributed by atoms with E-state index in [9.17, 15) is 18.0 Å². The van der Waals surface area contributed by atoms with Crippen LogP contribution in [0.4, 0.5) is 11.4 Å². The molecule has 4 rings (SSSR count). The van der Waals surface area contributed by atoms with Gasteiger partial charge in [0.25, 0.3) is 10.0 Å². The van der Waals surface area contributed by atoms with Gasteiger partial charge < -0.3 is 5.32 Å². The van der Waals surface area contributed by atoms with Crippen LogP contribution >= 0.6 is 0 Å². The molecule has 9 heteroatoms. The Bertz CT molecular complexity index is 1550. The van der Waals surface area contributed by atoms with Crippen LogP contribution in [0.3, 0.4) is 0 Å². The Morgan fingerprint density at radius 2 is 1.56 bits per heavy atom. The van der Waals surface area contributed by atoms with Gasteiger partial charge in [-0.2, -0.15) is 0 Å². The van der Waals surface area contributed by atoms with Gasteiger partial charge in [0.15, 0.2) is 0 Å².